The number of guanidine groups is 1. The Morgan fingerprint density at radius 3 is 2.31 bits per heavy atom. The molecule has 1 fully saturated rings. The monoisotopic (exact) mass is 470 g/mol. The van der Waals surface area contributed by atoms with Crippen LogP contribution in [0.2, 0.25) is 0 Å². The average Bonchev–Trinajstić information content (AvgIpc) is 3.23. The topological polar surface area (TPSA) is 73.8 Å². The first-order valence-electron chi connectivity index (χ1n) is 9.13. The number of benzene rings is 1. The minimum absolute atomic E-state index is 0. The van der Waals surface area contributed by atoms with Crippen LogP contribution in [-0.2, 0) is 0 Å². The molecule has 1 aromatic carbocycles. The van der Waals surface area contributed by atoms with E-state index in [1.54, 1.807) is 31.3 Å². The second-order valence-electron chi connectivity index (χ2n) is 6.64. The van der Waals surface area contributed by atoms with E-state index in [2.05, 4.69) is 15.6 Å². The van der Waals surface area contributed by atoms with Gasteiger partial charge in [0.1, 0.15) is 0 Å². The van der Waals surface area contributed by atoms with Crippen molar-refractivity contribution in [2.75, 3.05) is 20.1 Å². The molecule has 26 heavy (non-hydrogen) atoms. The van der Waals surface area contributed by atoms with Crippen molar-refractivity contribution in [1.82, 2.24) is 15.5 Å². The molecule has 6 nitrogen and oxygen atoms in total. The van der Waals surface area contributed by atoms with Gasteiger partial charge in [-0.2, -0.15) is 0 Å². The second-order valence-corrected chi connectivity index (χ2v) is 6.64. The predicted octanol–water partition coefficient (Wildman–Crippen LogP) is 2.79. The standard InChI is InChI=1S/C19H26N4O2.HI/c1-20-19(22-14-8-2-3-9-14)21-12-6-7-13-23-17(24)15-10-4-5-11-16(15)18(23)25;/h4-5,10-11,14H,2-3,6-9,12-13H2,1H3,(H2,20,21,22);1H. The zero-order valence-corrected chi connectivity index (χ0v) is 17.5. The summed E-state index contributed by atoms with van der Waals surface area (Å²) >= 11 is 0. The number of amides is 2. The Balaban J connectivity index is 0.00000243. The van der Waals surface area contributed by atoms with Crippen LogP contribution in [0.5, 0.6) is 0 Å². The third-order valence-electron chi connectivity index (χ3n) is 4.90. The lowest BCUT2D eigenvalue weighted by Crippen LogP contribution is -2.42. The molecule has 2 N–H and O–H groups in total. The minimum atomic E-state index is -0.174. The van der Waals surface area contributed by atoms with E-state index in [-0.39, 0.29) is 35.8 Å². The Morgan fingerprint density at radius 2 is 1.73 bits per heavy atom. The minimum Gasteiger partial charge on any atom is -0.356 e. The molecule has 0 unspecified atom stereocenters. The molecule has 1 aliphatic carbocycles. The lowest BCUT2D eigenvalue weighted by Gasteiger charge is -2.17. The first kappa shape index (κ1) is 20.7. The van der Waals surface area contributed by atoms with Crippen LogP contribution in [-0.4, -0.2) is 48.9 Å². The van der Waals surface area contributed by atoms with Crippen LogP contribution >= 0.6 is 24.0 Å². The van der Waals surface area contributed by atoms with Gasteiger partial charge in [-0.05, 0) is 37.8 Å². The third-order valence-corrected chi connectivity index (χ3v) is 4.90. The first-order valence-corrected chi connectivity index (χ1v) is 9.13. The highest BCUT2D eigenvalue weighted by Crippen LogP contribution is 2.22. The second kappa shape index (κ2) is 9.89. The first-order chi connectivity index (χ1) is 12.2. The molecular weight excluding hydrogens is 443 g/mol. The highest BCUT2D eigenvalue weighted by molar-refractivity contribution is 14.0. The molecule has 1 heterocycles. The molecule has 0 atom stereocenters. The molecule has 7 heteroatoms. The number of hydrogen-bond donors (Lipinski definition) is 2. The predicted molar refractivity (Wildman–Crippen MR) is 113 cm³/mol. The molecule has 0 radical (unpaired) electrons. The molecule has 2 amide bonds. The van der Waals surface area contributed by atoms with Gasteiger partial charge in [0.2, 0.25) is 0 Å². The van der Waals surface area contributed by atoms with Crippen molar-refractivity contribution >= 4 is 41.8 Å². The molecule has 0 spiro atoms. The van der Waals surface area contributed by atoms with Crippen LogP contribution in [0, 0.1) is 0 Å². The highest BCUT2D eigenvalue weighted by Gasteiger charge is 2.34. The van der Waals surface area contributed by atoms with E-state index >= 15 is 0 Å². The molecule has 142 valence electrons. The van der Waals surface area contributed by atoms with Gasteiger partial charge >= 0.3 is 0 Å². The van der Waals surface area contributed by atoms with E-state index < -0.39 is 0 Å². The Labute approximate surface area is 171 Å². The van der Waals surface area contributed by atoms with Gasteiger partial charge < -0.3 is 10.6 Å². The van der Waals surface area contributed by atoms with E-state index in [4.69, 9.17) is 0 Å². The zero-order valence-electron chi connectivity index (χ0n) is 15.2. The van der Waals surface area contributed by atoms with Gasteiger partial charge in [0.25, 0.3) is 11.8 Å². The number of nitrogens with one attached hydrogen (secondary N) is 2. The molecule has 2 aliphatic rings. The maximum atomic E-state index is 12.3. The van der Waals surface area contributed by atoms with E-state index in [1.165, 1.54) is 30.6 Å². The summed E-state index contributed by atoms with van der Waals surface area (Å²) in [6.07, 6.45) is 6.64. The number of imide groups is 1. The van der Waals surface area contributed by atoms with Crippen molar-refractivity contribution in [1.29, 1.82) is 0 Å². The summed E-state index contributed by atoms with van der Waals surface area (Å²) in [5.41, 5.74) is 1.04. The fourth-order valence-electron chi connectivity index (χ4n) is 3.50. The average molecular weight is 470 g/mol. The molecule has 0 bridgehead atoms. The number of unbranched alkanes of at least 4 members (excludes halogenated alkanes) is 1. The van der Waals surface area contributed by atoms with Crippen LogP contribution in [0.1, 0.15) is 59.2 Å². The molecule has 0 aromatic heterocycles. The summed E-state index contributed by atoms with van der Waals surface area (Å²) in [5, 5.41) is 6.76. The number of nitrogens with zero attached hydrogens (tertiary/aromatic N) is 2. The van der Waals surface area contributed by atoms with E-state index in [9.17, 15) is 9.59 Å². The van der Waals surface area contributed by atoms with E-state index in [1.807, 2.05) is 0 Å². The van der Waals surface area contributed by atoms with Crippen LogP contribution in [0.4, 0.5) is 0 Å². The van der Waals surface area contributed by atoms with Crippen molar-refractivity contribution in [2.24, 2.45) is 4.99 Å². The van der Waals surface area contributed by atoms with Gasteiger partial charge in [0, 0.05) is 26.2 Å². The number of carbonyl (C=O) groups excluding carboxylic acids is 2. The molecule has 1 aromatic rings. The fraction of sp³-hybridized carbons (Fsp3) is 0.526. The van der Waals surface area contributed by atoms with Crippen molar-refractivity contribution in [2.45, 2.75) is 44.6 Å². The number of hydrogen-bond acceptors (Lipinski definition) is 3. The summed E-state index contributed by atoms with van der Waals surface area (Å²) < 4.78 is 0. The van der Waals surface area contributed by atoms with Crippen LogP contribution in [0.15, 0.2) is 29.3 Å². The quantitative estimate of drug-likeness (QED) is 0.221. The van der Waals surface area contributed by atoms with Gasteiger partial charge in [-0.1, -0.05) is 25.0 Å². The van der Waals surface area contributed by atoms with Crippen molar-refractivity contribution in [3.8, 4) is 0 Å². The van der Waals surface area contributed by atoms with Crippen molar-refractivity contribution in [3.63, 3.8) is 0 Å². The van der Waals surface area contributed by atoms with Crippen LogP contribution in [0.25, 0.3) is 0 Å². The normalized spacial score (nSPS) is 17.3. The molecule has 1 saturated carbocycles. The van der Waals surface area contributed by atoms with Gasteiger partial charge in [0.05, 0.1) is 11.1 Å². The van der Waals surface area contributed by atoms with Crippen molar-refractivity contribution < 1.29 is 9.59 Å². The fourth-order valence-corrected chi connectivity index (χ4v) is 3.50. The third kappa shape index (κ3) is 4.75. The number of halogens is 1. The van der Waals surface area contributed by atoms with Gasteiger partial charge in [-0.25, -0.2) is 0 Å². The molecule has 0 saturated heterocycles. The maximum Gasteiger partial charge on any atom is 0.261 e. The van der Waals surface area contributed by atoms with Crippen LogP contribution in [0.3, 0.4) is 0 Å². The summed E-state index contributed by atoms with van der Waals surface area (Å²) in [7, 11) is 1.78. The lowest BCUT2D eigenvalue weighted by atomic mass is 10.1. The van der Waals surface area contributed by atoms with Gasteiger partial charge in [-0.15, -0.1) is 24.0 Å². The highest BCUT2D eigenvalue weighted by atomic mass is 127. The zero-order chi connectivity index (χ0) is 17.6. The summed E-state index contributed by atoms with van der Waals surface area (Å²) in [6, 6.07) is 7.55. The Morgan fingerprint density at radius 1 is 1.12 bits per heavy atom. The number of carbonyl (C=O) groups is 2. The van der Waals surface area contributed by atoms with Crippen molar-refractivity contribution in [3.05, 3.63) is 35.4 Å². The van der Waals surface area contributed by atoms with E-state index in [0.717, 1.165) is 25.3 Å². The smallest absolute Gasteiger partial charge is 0.261 e. The Hall–Kier alpha value is -1.64. The summed E-state index contributed by atoms with van der Waals surface area (Å²) in [4.78, 5) is 30.2. The Kier molecular flexibility index (Phi) is 7.86. The SMILES string of the molecule is CN=C(NCCCCN1C(=O)c2ccccc2C1=O)NC1CCCC1.I. The van der Waals surface area contributed by atoms with Gasteiger partial charge in [0.15, 0.2) is 5.96 Å². The number of aliphatic imine (C=N–C) groups is 1. The molecular formula is C19H27IN4O2. The van der Waals surface area contributed by atoms with Crippen LogP contribution < -0.4 is 10.6 Å². The maximum absolute atomic E-state index is 12.3. The number of fused-ring (bicyclic) bond motifs is 1. The summed E-state index contributed by atoms with van der Waals surface area (Å²) in [6.45, 7) is 1.23. The molecule has 3 rings (SSSR count). The molecule has 1 aliphatic heterocycles. The number of rotatable bonds is 6. The Bertz CT molecular complexity index is 636. The van der Waals surface area contributed by atoms with E-state index in [0.29, 0.717) is 23.7 Å². The summed E-state index contributed by atoms with van der Waals surface area (Å²) in [5.74, 6) is 0.493. The van der Waals surface area contributed by atoms with Gasteiger partial charge in [-0.3, -0.25) is 19.5 Å². The lowest BCUT2D eigenvalue weighted by molar-refractivity contribution is 0.0652. The largest absolute Gasteiger partial charge is 0.356 e.